The van der Waals surface area contributed by atoms with Crippen molar-refractivity contribution in [2.24, 2.45) is 4.99 Å². The van der Waals surface area contributed by atoms with E-state index in [0.29, 0.717) is 19.6 Å². The molecule has 0 spiro atoms. The first kappa shape index (κ1) is 18.5. The second kappa shape index (κ2) is 10.1. The maximum atomic E-state index is 10.9. The van der Waals surface area contributed by atoms with Gasteiger partial charge in [-0.05, 0) is 24.1 Å². The lowest BCUT2D eigenvalue weighted by Crippen LogP contribution is -2.41. The smallest absolute Gasteiger partial charge is 0.216 e. The van der Waals surface area contributed by atoms with Gasteiger partial charge in [0.05, 0.1) is 13.1 Å². The molecule has 0 saturated carbocycles. The Morgan fingerprint density at radius 1 is 1.12 bits per heavy atom. The lowest BCUT2D eigenvalue weighted by atomic mass is 10.1. The number of aliphatic imine (C=N–C) groups is 1. The second-order valence-electron chi connectivity index (χ2n) is 5.58. The van der Waals surface area contributed by atoms with Gasteiger partial charge in [0.25, 0.3) is 0 Å². The Bertz CT molecular complexity index is 681. The van der Waals surface area contributed by atoms with Crippen LogP contribution >= 0.6 is 0 Å². The highest BCUT2D eigenvalue weighted by molar-refractivity contribution is 5.79. The number of aromatic nitrogens is 2. The van der Waals surface area contributed by atoms with Gasteiger partial charge in [-0.1, -0.05) is 24.3 Å². The van der Waals surface area contributed by atoms with Crippen molar-refractivity contribution in [3.05, 3.63) is 53.9 Å². The molecule has 0 radical (unpaired) electrons. The molecule has 0 saturated heterocycles. The summed E-state index contributed by atoms with van der Waals surface area (Å²) in [5, 5.41) is 13.5. The van der Waals surface area contributed by atoms with Gasteiger partial charge in [-0.2, -0.15) is 5.10 Å². The summed E-state index contributed by atoms with van der Waals surface area (Å²) in [4.78, 5) is 15.5. The molecule has 0 fully saturated rings. The van der Waals surface area contributed by atoms with E-state index < -0.39 is 0 Å². The number of carbonyl (C=O) groups is 1. The number of nitrogens with one attached hydrogen (secondary N) is 3. The van der Waals surface area contributed by atoms with Gasteiger partial charge in [0.15, 0.2) is 5.96 Å². The Labute approximate surface area is 148 Å². The van der Waals surface area contributed by atoms with Crippen molar-refractivity contribution < 1.29 is 4.79 Å². The first-order valence-electron chi connectivity index (χ1n) is 8.50. The Hall–Kier alpha value is -2.83. The first-order chi connectivity index (χ1) is 12.2. The molecule has 1 aromatic carbocycles. The molecule has 0 atom stereocenters. The number of benzene rings is 1. The maximum absolute atomic E-state index is 10.9. The van der Waals surface area contributed by atoms with E-state index in [1.54, 1.807) is 6.20 Å². The number of hydrogen-bond donors (Lipinski definition) is 3. The van der Waals surface area contributed by atoms with Gasteiger partial charge in [0, 0.05) is 39.0 Å². The first-order valence-corrected chi connectivity index (χ1v) is 8.50. The van der Waals surface area contributed by atoms with Gasteiger partial charge in [-0.3, -0.25) is 9.48 Å². The summed E-state index contributed by atoms with van der Waals surface area (Å²) in [5.41, 5.74) is 2.36. The quantitative estimate of drug-likeness (QED) is 0.381. The molecule has 1 heterocycles. The minimum Gasteiger partial charge on any atom is -0.357 e. The summed E-state index contributed by atoms with van der Waals surface area (Å²) < 4.78 is 1.90. The molecule has 0 aliphatic carbocycles. The summed E-state index contributed by atoms with van der Waals surface area (Å²) in [6.45, 7) is 6.81. The van der Waals surface area contributed by atoms with Crippen LogP contribution in [0, 0.1) is 0 Å². The maximum Gasteiger partial charge on any atom is 0.216 e. The molecule has 0 aliphatic rings. The Kier molecular flexibility index (Phi) is 7.49. The minimum atomic E-state index is -0.0312. The second-order valence-corrected chi connectivity index (χ2v) is 5.58. The van der Waals surface area contributed by atoms with Crippen LogP contribution in [0.25, 0.3) is 0 Å². The number of hydrogen-bond acceptors (Lipinski definition) is 3. The summed E-state index contributed by atoms with van der Waals surface area (Å²) in [7, 11) is 0. The van der Waals surface area contributed by atoms with E-state index in [0.717, 1.165) is 24.6 Å². The summed E-state index contributed by atoms with van der Waals surface area (Å²) in [6.07, 6.45) is 3.73. The van der Waals surface area contributed by atoms with Crippen LogP contribution in [0.4, 0.5) is 0 Å². The van der Waals surface area contributed by atoms with E-state index in [-0.39, 0.29) is 5.91 Å². The zero-order chi connectivity index (χ0) is 17.9. The fourth-order valence-corrected chi connectivity index (χ4v) is 2.36. The number of guanidine groups is 1. The SMILES string of the molecule is CCNC(=NCc1ccccc1Cn1cccn1)NCCNC(C)=O. The zero-order valence-corrected chi connectivity index (χ0v) is 14.8. The predicted molar refractivity (Wildman–Crippen MR) is 99.3 cm³/mol. The van der Waals surface area contributed by atoms with E-state index in [9.17, 15) is 4.79 Å². The lowest BCUT2D eigenvalue weighted by molar-refractivity contribution is -0.118. The van der Waals surface area contributed by atoms with Crippen molar-refractivity contribution in [1.82, 2.24) is 25.7 Å². The Balaban J connectivity index is 1.97. The molecule has 3 N–H and O–H groups in total. The van der Waals surface area contributed by atoms with Gasteiger partial charge in [-0.25, -0.2) is 4.99 Å². The highest BCUT2D eigenvalue weighted by Crippen LogP contribution is 2.11. The third-order valence-corrected chi connectivity index (χ3v) is 3.55. The standard InChI is InChI=1S/C18H26N6O/c1-3-19-18(21-11-10-20-15(2)25)22-13-16-7-4-5-8-17(16)14-24-12-6-9-23-24/h4-9,12H,3,10-11,13-14H2,1-2H3,(H,20,25)(H2,19,21,22). The molecular weight excluding hydrogens is 316 g/mol. The van der Waals surface area contributed by atoms with Crippen molar-refractivity contribution in [1.29, 1.82) is 0 Å². The van der Waals surface area contributed by atoms with Crippen molar-refractivity contribution in [2.45, 2.75) is 26.9 Å². The topological polar surface area (TPSA) is 83.3 Å². The molecule has 2 aromatic rings. The van der Waals surface area contributed by atoms with E-state index in [1.807, 2.05) is 36.0 Å². The fraction of sp³-hybridized carbons (Fsp3) is 0.389. The lowest BCUT2D eigenvalue weighted by Gasteiger charge is -2.12. The van der Waals surface area contributed by atoms with Gasteiger partial charge in [0.2, 0.25) is 5.91 Å². The molecule has 1 aromatic heterocycles. The van der Waals surface area contributed by atoms with Crippen molar-refractivity contribution >= 4 is 11.9 Å². The molecular formula is C18H26N6O. The highest BCUT2D eigenvalue weighted by atomic mass is 16.1. The molecule has 0 unspecified atom stereocenters. The van der Waals surface area contributed by atoms with Crippen LogP contribution in [0.3, 0.4) is 0 Å². The summed E-state index contributed by atoms with van der Waals surface area (Å²) in [6, 6.07) is 10.2. The number of nitrogens with zero attached hydrogens (tertiary/aromatic N) is 3. The van der Waals surface area contributed by atoms with E-state index in [2.05, 4.69) is 38.2 Å². The molecule has 1 amide bonds. The predicted octanol–water partition coefficient (Wildman–Crippen LogP) is 1.12. The molecule has 2 rings (SSSR count). The molecule has 25 heavy (non-hydrogen) atoms. The van der Waals surface area contributed by atoms with Crippen LogP contribution in [0.15, 0.2) is 47.7 Å². The van der Waals surface area contributed by atoms with Crippen molar-refractivity contribution in [3.8, 4) is 0 Å². The van der Waals surface area contributed by atoms with Crippen LogP contribution in [-0.4, -0.2) is 41.3 Å². The largest absolute Gasteiger partial charge is 0.357 e. The Morgan fingerprint density at radius 3 is 2.56 bits per heavy atom. The highest BCUT2D eigenvalue weighted by Gasteiger charge is 2.04. The average Bonchev–Trinajstić information content (AvgIpc) is 3.10. The zero-order valence-electron chi connectivity index (χ0n) is 14.8. The van der Waals surface area contributed by atoms with Gasteiger partial charge in [-0.15, -0.1) is 0 Å². The van der Waals surface area contributed by atoms with Gasteiger partial charge < -0.3 is 16.0 Å². The minimum absolute atomic E-state index is 0.0312. The van der Waals surface area contributed by atoms with Crippen LogP contribution in [-0.2, 0) is 17.9 Å². The van der Waals surface area contributed by atoms with Gasteiger partial charge >= 0.3 is 0 Å². The third kappa shape index (κ3) is 6.66. The van der Waals surface area contributed by atoms with Crippen LogP contribution in [0.5, 0.6) is 0 Å². The Morgan fingerprint density at radius 2 is 1.88 bits per heavy atom. The van der Waals surface area contributed by atoms with Crippen molar-refractivity contribution in [3.63, 3.8) is 0 Å². The molecule has 0 aliphatic heterocycles. The van der Waals surface area contributed by atoms with E-state index >= 15 is 0 Å². The van der Waals surface area contributed by atoms with Crippen LogP contribution in [0.1, 0.15) is 25.0 Å². The summed E-state index contributed by atoms with van der Waals surface area (Å²) >= 11 is 0. The average molecular weight is 342 g/mol. The van der Waals surface area contributed by atoms with Crippen LogP contribution < -0.4 is 16.0 Å². The van der Waals surface area contributed by atoms with E-state index in [4.69, 9.17) is 0 Å². The number of rotatable bonds is 8. The number of amides is 1. The van der Waals surface area contributed by atoms with E-state index in [1.165, 1.54) is 12.5 Å². The third-order valence-electron chi connectivity index (χ3n) is 3.55. The number of carbonyl (C=O) groups excluding carboxylic acids is 1. The summed E-state index contributed by atoms with van der Waals surface area (Å²) in [5.74, 6) is 0.707. The molecule has 7 nitrogen and oxygen atoms in total. The monoisotopic (exact) mass is 342 g/mol. The van der Waals surface area contributed by atoms with Crippen molar-refractivity contribution in [2.75, 3.05) is 19.6 Å². The molecule has 134 valence electrons. The fourth-order valence-electron chi connectivity index (χ4n) is 2.36. The normalized spacial score (nSPS) is 11.2. The van der Waals surface area contributed by atoms with Crippen LogP contribution in [0.2, 0.25) is 0 Å². The van der Waals surface area contributed by atoms with Gasteiger partial charge in [0.1, 0.15) is 0 Å². The molecule has 7 heteroatoms. The molecule has 0 bridgehead atoms.